The van der Waals surface area contributed by atoms with Crippen molar-refractivity contribution in [3.8, 4) is 11.3 Å². The Morgan fingerprint density at radius 2 is 2.05 bits per heavy atom. The first-order chi connectivity index (χ1) is 10.8. The van der Waals surface area contributed by atoms with Crippen molar-refractivity contribution in [3.05, 3.63) is 42.4 Å². The van der Waals surface area contributed by atoms with Gasteiger partial charge in [-0.1, -0.05) is 43.2 Å². The zero-order valence-electron chi connectivity index (χ0n) is 13.0. The summed E-state index contributed by atoms with van der Waals surface area (Å²) in [5, 5.41) is 6.79. The molecule has 22 heavy (non-hydrogen) atoms. The van der Waals surface area contributed by atoms with Crippen LogP contribution in [0.2, 0.25) is 0 Å². The lowest BCUT2D eigenvalue weighted by Gasteiger charge is -2.16. The molecule has 0 unspecified atom stereocenters. The predicted molar refractivity (Wildman–Crippen MR) is 89.6 cm³/mol. The van der Waals surface area contributed by atoms with Crippen molar-refractivity contribution in [1.82, 2.24) is 20.6 Å². The Bertz CT molecular complexity index is 611. The molecule has 1 saturated carbocycles. The molecule has 1 heterocycles. The molecule has 5 nitrogen and oxygen atoms in total. The van der Waals surface area contributed by atoms with Crippen molar-refractivity contribution in [1.29, 1.82) is 0 Å². The highest BCUT2D eigenvalue weighted by molar-refractivity contribution is 5.79. The van der Waals surface area contributed by atoms with Crippen LogP contribution in [0.1, 0.15) is 31.5 Å². The average Bonchev–Trinajstić information content (AvgIpc) is 3.24. The zero-order valence-corrected chi connectivity index (χ0v) is 13.0. The third kappa shape index (κ3) is 3.67. The Balaban J connectivity index is 1.56. The quantitative estimate of drug-likeness (QED) is 0.600. The minimum atomic E-state index is 0.558. The van der Waals surface area contributed by atoms with Gasteiger partial charge in [-0.05, 0) is 18.4 Å². The van der Waals surface area contributed by atoms with Crippen LogP contribution in [0, 0.1) is 0 Å². The number of hydrogen-bond acceptors (Lipinski definition) is 2. The number of nitrogens with zero attached hydrogens (tertiary/aromatic N) is 2. The Kier molecular flexibility index (Phi) is 4.73. The van der Waals surface area contributed by atoms with Crippen LogP contribution in [0.3, 0.4) is 0 Å². The lowest BCUT2D eigenvalue weighted by atomic mass is 10.2. The summed E-state index contributed by atoms with van der Waals surface area (Å²) in [6.45, 7) is 0.638. The van der Waals surface area contributed by atoms with Gasteiger partial charge in [-0.25, -0.2) is 4.98 Å². The van der Waals surface area contributed by atoms with E-state index in [1.54, 1.807) is 0 Å². The van der Waals surface area contributed by atoms with E-state index in [0.717, 1.165) is 23.0 Å². The number of hydrogen-bond donors (Lipinski definition) is 3. The first-order valence-corrected chi connectivity index (χ1v) is 7.91. The van der Waals surface area contributed by atoms with E-state index in [1.165, 1.54) is 25.7 Å². The summed E-state index contributed by atoms with van der Waals surface area (Å²) in [5.41, 5.74) is 2.19. The monoisotopic (exact) mass is 297 g/mol. The number of imidazole rings is 1. The van der Waals surface area contributed by atoms with Gasteiger partial charge in [0.25, 0.3) is 0 Å². The maximum atomic E-state index is 4.43. The van der Waals surface area contributed by atoms with Crippen molar-refractivity contribution < 1.29 is 0 Å². The molecule has 1 aliphatic carbocycles. The number of aliphatic imine (C=N–C) groups is 1. The largest absolute Gasteiger partial charge is 0.354 e. The molecule has 1 aromatic carbocycles. The Hall–Kier alpha value is -2.30. The van der Waals surface area contributed by atoms with Crippen LogP contribution in [-0.2, 0) is 6.54 Å². The van der Waals surface area contributed by atoms with Gasteiger partial charge in [0.2, 0.25) is 0 Å². The third-order valence-electron chi connectivity index (χ3n) is 4.06. The van der Waals surface area contributed by atoms with E-state index in [1.807, 2.05) is 31.4 Å². The molecule has 0 saturated heterocycles. The second-order valence-electron chi connectivity index (χ2n) is 5.66. The molecule has 116 valence electrons. The van der Waals surface area contributed by atoms with Crippen LogP contribution in [-0.4, -0.2) is 29.0 Å². The molecule has 5 heteroatoms. The number of nitrogens with one attached hydrogen (secondary N) is 3. The van der Waals surface area contributed by atoms with Gasteiger partial charge in [0.1, 0.15) is 5.82 Å². The van der Waals surface area contributed by atoms with Crippen molar-refractivity contribution in [2.24, 2.45) is 4.99 Å². The number of rotatable bonds is 4. The fraction of sp³-hybridized carbons (Fsp3) is 0.412. The molecule has 0 amide bonds. The average molecular weight is 297 g/mol. The maximum absolute atomic E-state index is 4.43. The van der Waals surface area contributed by atoms with Crippen LogP contribution in [0.5, 0.6) is 0 Å². The van der Waals surface area contributed by atoms with Crippen LogP contribution in [0.25, 0.3) is 11.3 Å². The molecule has 2 aromatic rings. The summed E-state index contributed by atoms with van der Waals surface area (Å²) in [6, 6.07) is 10.8. The lowest BCUT2D eigenvalue weighted by molar-refractivity contribution is 0.611. The second kappa shape index (κ2) is 7.11. The fourth-order valence-electron chi connectivity index (χ4n) is 2.84. The molecule has 3 N–H and O–H groups in total. The van der Waals surface area contributed by atoms with Crippen LogP contribution in [0.4, 0.5) is 0 Å². The van der Waals surface area contributed by atoms with Crippen LogP contribution < -0.4 is 10.6 Å². The highest BCUT2D eigenvalue weighted by Gasteiger charge is 2.15. The molecule has 1 aromatic heterocycles. The van der Waals surface area contributed by atoms with Gasteiger partial charge in [-0.3, -0.25) is 4.99 Å². The standard InChI is InChI=1S/C17H23N5/c1-18-17(21-14-9-5-6-10-14)20-12-16-19-11-15(22-16)13-7-3-2-4-8-13/h2-4,7-8,11,14H,5-6,9-10,12H2,1H3,(H,19,22)(H2,18,20,21). The first-order valence-electron chi connectivity index (χ1n) is 7.91. The van der Waals surface area contributed by atoms with Gasteiger partial charge < -0.3 is 15.6 Å². The molecule has 0 bridgehead atoms. The van der Waals surface area contributed by atoms with Crippen molar-refractivity contribution in [3.63, 3.8) is 0 Å². The smallest absolute Gasteiger partial charge is 0.191 e. The zero-order chi connectivity index (χ0) is 15.2. The van der Waals surface area contributed by atoms with Crippen LogP contribution >= 0.6 is 0 Å². The van der Waals surface area contributed by atoms with E-state index < -0.39 is 0 Å². The molecule has 1 aliphatic rings. The van der Waals surface area contributed by atoms with E-state index in [-0.39, 0.29) is 0 Å². The molecule has 1 fully saturated rings. The van der Waals surface area contributed by atoms with E-state index >= 15 is 0 Å². The number of aromatic amines is 1. The van der Waals surface area contributed by atoms with Crippen molar-refractivity contribution in [2.45, 2.75) is 38.3 Å². The van der Waals surface area contributed by atoms with Crippen molar-refractivity contribution >= 4 is 5.96 Å². The molecule has 0 atom stereocenters. The van der Waals surface area contributed by atoms with Gasteiger partial charge in [0.15, 0.2) is 5.96 Å². The van der Waals surface area contributed by atoms with Gasteiger partial charge >= 0.3 is 0 Å². The van der Waals surface area contributed by atoms with Crippen molar-refractivity contribution in [2.75, 3.05) is 7.05 Å². The molecule has 0 aliphatic heterocycles. The third-order valence-corrected chi connectivity index (χ3v) is 4.06. The molecule has 3 rings (SSSR count). The van der Waals surface area contributed by atoms with E-state index in [9.17, 15) is 0 Å². The van der Waals surface area contributed by atoms with Gasteiger partial charge in [0.05, 0.1) is 18.4 Å². The lowest BCUT2D eigenvalue weighted by Crippen LogP contribution is -2.42. The predicted octanol–water partition coefficient (Wildman–Crippen LogP) is 2.68. The highest BCUT2D eigenvalue weighted by atomic mass is 15.2. The summed E-state index contributed by atoms with van der Waals surface area (Å²) in [5.74, 6) is 1.76. The van der Waals surface area contributed by atoms with Gasteiger partial charge in [0, 0.05) is 13.1 Å². The summed E-state index contributed by atoms with van der Waals surface area (Å²) in [4.78, 5) is 12.1. The molecule has 0 spiro atoms. The highest BCUT2D eigenvalue weighted by Crippen LogP contribution is 2.17. The number of benzene rings is 1. The summed E-state index contributed by atoms with van der Waals surface area (Å²) >= 11 is 0. The summed E-state index contributed by atoms with van der Waals surface area (Å²) < 4.78 is 0. The summed E-state index contributed by atoms with van der Waals surface area (Å²) in [6.07, 6.45) is 6.97. The Morgan fingerprint density at radius 1 is 1.27 bits per heavy atom. The van der Waals surface area contributed by atoms with Gasteiger partial charge in [-0.15, -0.1) is 0 Å². The fourth-order valence-corrected chi connectivity index (χ4v) is 2.84. The van der Waals surface area contributed by atoms with E-state index in [0.29, 0.717) is 12.6 Å². The minimum absolute atomic E-state index is 0.558. The van der Waals surface area contributed by atoms with Crippen LogP contribution in [0.15, 0.2) is 41.5 Å². The SMILES string of the molecule is CN=C(NCc1ncc(-c2ccccc2)[nH]1)NC1CCCC1. The minimum Gasteiger partial charge on any atom is -0.354 e. The normalized spacial score (nSPS) is 16.0. The topological polar surface area (TPSA) is 65.1 Å². The number of aromatic nitrogens is 2. The second-order valence-corrected chi connectivity index (χ2v) is 5.66. The van der Waals surface area contributed by atoms with E-state index in [2.05, 4.69) is 37.7 Å². The molecular weight excluding hydrogens is 274 g/mol. The molecular formula is C17H23N5. The summed E-state index contributed by atoms with van der Waals surface area (Å²) in [7, 11) is 1.81. The Morgan fingerprint density at radius 3 is 2.77 bits per heavy atom. The molecule has 0 radical (unpaired) electrons. The van der Waals surface area contributed by atoms with E-state index in [4.69, 9.17) is 0 Å². The first kappa shape index (κ1) is 14.6. The van der Waals surface area contributed by atoms with Gasteiger partial charge in [-0.2, -0.15) is 0 Å². The number of H-pyrrole nitrogens is 1. The maximum Gasteiger partial charge on any atom is 0.191 e. The Labute approximate surface area is 131 Å². The number of guanidine groups is 1.